The zero-order valence-electron chi connectivity index (χ0n) is 18.4. The van der Waals surface area contributed by atoms with Crippen LogP contribution in [0.5, 0.6) is 11.5 Å². The van der Waals surface area contributed by atoms with Gasteiger partial charge in [0.05, 0.1) is 5.56 Å². The summed E-state index contributed by atoms with van der Waals surface area (Å²) in [6, 6.07) is 23.5. The highest BCUT2D eigenvalue weighted by Crippen LogP contribution is 2.20. The summed E-state index contributed by atoms with van der Waals surface area (Å²) >= 11 is 0. The van der Waals surface area contributed by atoms with Crippen molar-refractivity contribution in [2.45, 2.75) is 13.8 Å². The van der Waals surface area contributed by atoms with Gasteiger partial charge in [0.15, 0.2) is 0 Å². The van der Waals surface area contributed by atoms with Gasteiger partial charge in [-0.05, 0) is 62.4 Å². The summed E-state index contributed by atoms with van der Waals surface area (Å²) in [7, 11) is 0. The molecule has 166 valence electrons. The van der Waals surface area contributed by atoms with E-state index < -0.39 is 0 Å². The van der Waals surface area contributed by atoms with Gasteiger partial charge in [-0.1, -0.05) is 30.3 Å². The first kappa shape index (κ1) is 22.9. The Morgan fingerprint density at radius 2 is 1.41 bits per heavy atom. The van der Waals surface area contributed by atoms with Crippen LogP contribution in [0.15, 0.2) is 78.9 Å². The fourth-order valence-electron chi connectivity index (χ4n) is 3.20. The first-order valence-electron chi connectivity index (χ1n) is 10.7. The average Bonchev–Trinajstić information content (AvgIpc) is 2.84. The van der Waals surface area contributed by atoms with E-state index in [-0.39, 0.29) is 11.8 Å². The van der Waals surface area contributed by atoms with E-state index in [4.69, 9.17) is 9.47 Å². The number of carbonyl (C=O) groups is 2. The predicted octanol–water partition coefficient (Wildman–Crippen LogP) is 4.88. The van der Waals surface area contributed by atoms with Crippen LogP contribution in [-0.2, 0) is 0 Å². The Labute approximate surface area is 188 Å². The van der Waals surface area contributed by atoms with Gasteiger partial charge in [-0.25, -0.2) is 0 Å². The van der Waals surface area contributed by atoms with Crippen LogP contribution in [0, 0.1) is 0 Å². The van der Waals surface area contributed by atoms with Crippen molar-refractivity contribution >= 4 is 17.5 Å². The van der Waals surface area contributed by atoms with E-state index in [1.165, 1.54) is 0 Å². The number of carbonyl (C=O) groups excluding carboxylic acids is 2. The summed E-state index contributed by atoms with van der Waals surface area (Å²) in [5.41, 5.74) is 1.62. The lowest BCUT2D eigenvalue weighted by Crippen LogP contribution is -2.30. The molecule has 0 heterocycles. The molecular weight excluding hydrogens is 404 g/mol. The minimum Gasteiger partial charge on any atom is -0.490 e. The molecule has 3 aromatic carbocycles. The minimum absolute atomic E-state index is 0.0238. The van der Waals surface area contributed by atoms with Gasteiger partial charge < -0.3 is 19.7 Å². The van der Waals surface area contributed by atoms with Gasteiger partial charge in [-0.3, -0.25) is 9.59 Å². The zero-order chi connectivity index (χ0) is 22.8. The van der Waals surface area contributed by atoms with Gasteiger partial charge in [-0.15, -0.1) is 0 Å². The van der Waals surface area contributed by atoms with Gasteiger partial charge in [0.1, 0.15) is 24.7 Å². The molecule has 0 aromatic heterocycles. The van der Waals surface area contributed by atoms with Crippen LogP contribution in [0.25, 0.3) is 0 Å². The molecular formula is C26H28N2O4. The molecule has 0 saturated heterocycles. The van der Waals surface area contributed by atoms with Crippen LogP contribution in [0.2, 0.25) is 0 Å². The molecule has 0 unspecified atom stereocenters. The van der Waals surface area contributed by atoms with Crippen molar-refractivity contribution in [3.63, 3.8) is 0 Å². The number of hydrogen-bond donors (Lipinski definition) is 1. The van der Waals surface area contributed by atoms with E-state index in [0.29, 0.717) is 48.9 Å². The molecule has 3 aromatic rings. The van der Waals surface area contributed by atoms with E-state index >= 15 is 0 Å². The number of para-hydroxylation sites is 2. The standard InChI is InChI=1S/C26H28N2O4/c1-3-28(4-2)26(30)20-14-16-21(17-15-20)27-25(29)23-12-8-9-13-24(23)32-19-18-31-22-10-6-5-7-11-22/h5-17H,3-4,18-19H2,1-2H3,(H,27,29). The first-order valence-corrected chi connectivity index (χ1v) is 10.7. The molecule has 0 aliphatic rings. The molecule has 1 N–H and O–H groups in total. The predicted molar refractivity (Wildman–Crippen MR) is 126 cm³/mol. The fourth-order valence-corrected chi connectivity index (χ4v) is 3.20. The zero-order valence-corrected chi connectivity index (χ0v) is 18.4. The molecule has 0 saturated carbocycles. The monoisotopic (exact) mass is 432 g/mol. The lowest BCUT2D eigenvalue weighted by atomic mass is 10.1. The maximum Gasteiger partial charge on any atom is 0.259 e. The maximum absolute atomic E-state index is 12.8. The van der Waals surface area contributed by atoms with Crippen molar-refractivity contribution in [1.82, 2.24) is 4.90 Å². The van der Waals surface area contributed by atoms with Crippen molar-refractivity contribution in [2.24, 2.45) is 0 Å². The Balaban J connectivity index is 1.58. The van der Waals surface area contributed by atoms with Gasteiger partial charge in [-0.2, -0.15) is 0 Å². The van der Waals surface area contributed by atoms with Crippen molar-refractivity contribution in [3.8, 4) is 11.5 Å². The fraction of sp³-hybridized carbons (Fsp3) is 0.231. The van der Waals surface area contributed by atoms with E-state index in [1.807, 2.05) is 50.2 Å². The molecule has 3 rings (SSSR count). The first-order chi connectivity index (χ1) is 15.6. The van der Waals surface area contributed by atoms with Gasteiger partial charge >= 0.3 is 0 Å². The molecule has 0 atom stereocenters. The third-order valence-corrected chi connectivity index (χ3v) is 4.92. The summed E-state index contributed by atoms with van der Waals surface area (Å²) in [6.07, 6.45) is 0. The Hall–Kier alpha value is -3.80. The largest absolute Gasteiger partial charge is 0.490 e. The molecule has 32 heavy (non-hydrogen) atoms. The minimum atomic E-state index is -0.285. The van der Waals surface area contributed by atoms with Crippen molar-refractivity contribution in [1.29, 1.82) is 0 Å². The number of hydrogen-bond acceptors (Lipinski definition) is 4. The number of ether oxygens (including phenoxy) is 2. The maximum atomic E-state index is 12.8. The Morgan fingerprint density at radius 1 is 0.781 bits per heavy atom. The molecule has 0 radical (unpaired) electrons. The van der Waals surface area contributed by atoms with Crippen LogP contribution in [0.3, 0.4) is 0 Å². The van der Waals surface area contributed by atoms with Crippen LogP contribution in [-0.4, -0.2) is 43.0 Å². The number of amides is 2. The molecule has 0 bridgehead atoms. The average molecular weight is 433 g/mol. The van der Waals surface area contributed by atoms with Crippen LogP contribution >= 0.6 is 0 Å². The quantitative estimate of drug-likeness (QED) is 0.464. The second kappa shape index (κ2) is 11.6. The lowest BCUT2D eigenvalue weighted by Gasteiger charge is -2.18. The van der Waals surface area contributed by atoms with E-state index in [2.05, 4.69) is 5.32 Å². The van der Waals surface area contributed by atoms with E-state index in [9.17, 15) is 9.59 Å². The highest BCUT2D eigenvalue weighted by atomic mass is 16.5. The second-order valence-electron chi connectivity index (χ2n) is 7.02. The summed E-state index contributed by atoms with van der Waals surface area (Å²) < 4.78 is 11.4. The lowest BCUT2D eigenvalue weighted by molar-refractivity contribution is 0.0773. The molecule has 0 aliphatic heterocycles. The topological polar surface area (TPSA) is 67.9 Å². The highest BCUT2D eigenvalue weighted by Gasteiger charge is 2.14. The molecule has 0 aliphatic carbocycles. The SMILES string of the molecule is CCN(CC)C(=O)c1ccc(NC(=O)c2ccccc2OCCOc2ccccc2)cc1. The van der Waals surface area contributed by atoms with Gasteiger partial charge in [0.25, 0.3) is 11.8 Å². The molecule has 0 spiro atoms. The normalized spacial score (nSPS) is 10.3. The smallest absolute Gasteiger partial charge is 0.259 e. The van der Waals surface area contributed by atoms with Crippen LogP contribution in [0.4, 0.5) is 5.69 Å². The Kier molecular flexibility index (Phi) is 8.26. The van der Waals surface area contributed by atoms with Gasteiger partial charge in [0, 0.05) is 24.3 Å². The molecule has 0 fully saturated rings. The Morgan fingerprint density at radius 3 is 2.09 bits per heavy atom. The Bertz CT molecular complexity index is 1020. The summed E-state index contributed by atoms with van der Waals surface area (Å²) in [6.45, 7) is 5.87. The number of nitrogens with one attached hydrogen (secondary N) is 1. The molecule has 6 heteroatoms. The highest BCUT2D eigenvalue weighted by molar-refractivity contribution is 6.06. The second-order valence-corrected chi connectivity index (χ2v) is 7.02. The van der Waals surface area contributed by atoms with Crippen molar-refractivity contribution in [2.75, 3.05) is 31.6 Å². The molecule has 2 amide bonds. The third kappa shape index (κ3) is 6.11. The van der Waals surface area contributed by atoms with Crippen molar-refractivity contribution < 1.29 is 19.1 Å². The number of nitrogens with zero attached hydrogens (tertiary/aromatic N) is 1. The molecule has 6 nitrogen and oxygen atoms in total. The number of benzene rings is 3. The van der Waals surface area contributed by atoms with Crippen LogP contribution in [0.1, 0.15) is 34.6 Å². The number of anilines is 1. The summed E-state index contributed by atoms with van der Waals surface area (Å²) in [5.74, 6) is 0.941. The summed E-state index contributed by atoms with van der Waals surface area (Å²) in [4.78, 5) is 27.0. The van der Waals surface area contributed by atoms with E-state index in [1.54, 1.807) is 47.4 Å². The number of rotatable bonds is 10. The van der Waals surface area contributed by atoms with E-state index in [0.717, 1.165) is 5.75 Å². The van der Waals surface area contributed by atoms with Gasteiger partial charge in [0.2, 0.25) is 0 Å². The third-order valence-electron chi connectivity index (χ3n) is 4.92. The van der Waals surface area contributed by atoms with Crippen LogP contribution < -0.4 is 14.8 Å². The summed E-state index contributed by atoms with van der Waals surface area (Å²) in [5, 5.41) is 2.86. The van der Waals surface area contributed by atoms with Crippen molar-refractivity contribution in [3.05, 3.63) is 90.0 Å².